The van der Waals surface area contributed by atoms with Gasteiger partial charge < -0.3 is 5.32 Å². The molecule has 8 heteroatoms. The van der Waals surface area contributed by atoms with Crippen LogP contribution >= 0.6 is 24.0 Å². The fourth-order valence-corrected chi connectivity index (χ4v) is 2.77. The molecule has 0 aliphatic carbocycles. The van der Waals surface area contributed by atoms with E-state index in [0.29, 0.717) is 18.0 Å². The van der Waals surface area contributed by atoms with Crippen LogP contribution in [0.5, 0.6) is 0 Å². The van der Waals surface area contributed by atoms with Crippen LogP contribution in [0.25, 0.3) is 0 Å². The molecular formula is C15H25N5OS2. The molecule has 1 aromatic rings. The minimum atomic E-state index is -0.153. The molecule has 23 heavy (non-hydrogen) atoms. The summed E-state index contributed by atoms with van der Waals surface area (Å²) in [5.74, 6) is -0.129. The third-order valence-electron chi connectivity index (χ3n) is 2.99. The van der Waals surface area contributed by atoms with Gasteiger partial charge in [-0.25, -0.2) is 9.97 Å². The zero-order valence-corrected chi connectivity index (χ0v) is 16.2. The summed E-state index contributed by atoms with van der Waals surface area (Å²) in [4.78, 5) is 20.8. The highest BCUT2D eigenvalue weighted by Gasteiger charge is 2.13. The number of hydrogen-bond acceptors (Lipinski definition) is 5. The number of nitrogens with one attached hydrogen (secondary N) is 3. The maximum Gasteiger partial charge on any atom is 0.238 e. The number of aryl methyl sites for hydroxylation is 2. The van der Waals surface area contributed by atoms with E-state index in [4.69, 9.17) is 12.2 Å². The minimum absolute atomic E-state index is 0.129. The summed E-state index contributed by atoms with van der Waals surface area (Å²) < 4.78 is 0. The lowest BCUT2D eigenvalue weighted by Crippen LogP contribution is -2.52. The molecule has 1 heterocycles. The van der Waals surface area contributed by atoms with Crippen molar-refractivity contribution in [3.05, 3.63) is 17.0 Å². The van der Waals surface area contributed by atoms with E-state index in [1.165, 1.54) is 11.8 Å². The van der Waals surface area contributed by atoms with Crippen molar-refractivity contribution in [2.75, 3.05) is 6.26 Å². The first-order valence-electron chi connectivity index (χ1n) is 7.37. The number of amides is 1. The molecule has 0 aliphatic heterocycles. The molecule has 0 aliphatic rings. The van der Waals surface area contributed by atoms with Gasteiger partial charge in [-0.15, -0.1) is 0 Å². The number of hydrogen-bond donors (Lipinski definition) is 3. The molecule has 0 spiro atoms. The average Bonchev–Trinajstić information content (AvgIpc) is 2.42. The number of thioether (sulfide) groups is 1. The summed E-state index contributed by atoms with van der Waals surface area (Å²) in [5, 5.41) is 4.21. The number of carbonyl (C=O) groups is 1. The summed E-state index contributed by atoms with van der Waals surface area (Å²) in [7, 11) is 0. The SMILES string of the molecule is CSc1nc(C)c(CCC(=O)NNC(=S)NC(C)(C)C)c(C)n1. The van der Waals surface area contributed by atoms with Crippen molar-refractivity contribution in [1.29, 1.82) is 0 Å². The van der Waals surface area contributed by atoms with E-state index in [-0.39, 0.29) is 11.4 Å². The maximum atomic E-state index is 11.9. The highest BCUT2D eigenvalue weighted by atomic mass is 32.2. The summed E-state index contributed by atoms with van der Waals surface area (Å²) in [6.45, 7) is 9.87. The van der Waals surface area contributed by atoms with Gasteiger partial charge in [-0.1, -0.05) is 11.8 Å². The predicted octanol–water partition coefficient (Wildman–Crippen LogP) is 2.04. The Kier molecular flexibility index (Phi) is 7.21. The number of aromatic nitrogens is 2. The highest BCUT2D eigenvalue weighted by Crippen LogP contribution is 2.16. The van der Waals surface area contributed by atoms with Gasteiger partial charge in [0, 0.05) is 23.3 Å². The van der Waals surface area contributed by atoms with Crippen LogP contribution in [0.3, 0.4) is 0 Å². The normalized spacial score (nSPS) is 11.0. The number of nitrogens with zero attached hydrogens (tertiary/aromatic N) is 2. The lowest BCUT2D eigenvalue weighted by Gasteiger charge is -2.23. The van der Waals surface area contributed by atoms with E-state index in [2.05, 4.69) is 26.1 Å². The van der Waals surface area contributed by atoms with Gasteiger partial charge in [-0.05, 0) is 65.1 Å². The van der Waals surface area contributed by atoms with Gasteiger partial charge in [0.15, 0.2) is 10.3 Å². The smallest absolute Gasteiger partial charge is 0.238 e. The molecule has 3 N–H and O–H groups in total. The third-order valence-corrected chi connectivity index (χ3v) is 3.74. The number of carbonyl (C=O) groups excluding carboxylic acids is 1. The zero-order chi connectivity index (χ0) is 17.6. The van der Waals surface area contributed by atoms with E-state index < -0.39 is 0 Å². The van der Waals surface area contributed by atoms with Gasteiger partial charge in [0.25, 0.3) is 0 Å². The quantitative estimate of drug-likeness (QED) is 0.330. The second-order valence-corrected chi connectivity index (χ2v) is 7.42. The highest BCUT2D eigenvalue weighted by molar-refractivity contribution is 7.98. The second kappa shape index (κ2) is 8.44. The van der Waals surface area contributed by atoms with Crippen LogP contribution in [-0.4, -0.2) is 32.8 Å². The number of hydrazine groups is 1. The molecule has 1 rings (SSSR count). The van der Waals surface area contributed by atoms with Crippen LogP contribution in [0.4, 0.5) is 0 Å². The Balaban J connectivity index is 2.50. The Labute approximate surface area is 147 Å². The van der Waals surface area contributed by atoms with Crippen molar-refractivity contribution in [3.63, 3.8) is 0 Å². The Bertz CT molecular complexity index is 561. The first kappa shape index (κ1) is 19.6. The molecule has 0 atom stereocenters. The van der Waals surface area contributed by atoms with Crippen LogP contribution in [-0.2, 0) is 11.2 Å². The molecule has 0 saturated carbocycles. The topological polar surface area (TPSA) is 78.9 Å². The van der Waals surface area contributed by atoms with Gasteiger partial charge in [0.2, 0.25) is 5.91 Å². The second-order valence-electron chi connectivity index (χ2n) is 6.24. The molecule has 0 fully saturated rings. The molecule has 1 amide bonds. The number of thiocarbonyl (C=S) groups is 1. The minimum Gasteiger partial charge on any atom is -0.357 e. The van der Waals surface area contributed by atoms with E-state index in [1.54, 1.807) is 0 Å². The van der Waals surface area contributed by atoms with Crippen LogP contribution in [0.15, 0.2) is 5.16 Å². The Morgan fingerprint density at radius 2 is 1.74 bits per heavy atom. The summed E-state index contributed by atoms with van der Waals surface area (Å²) in [6.07, 6.45) is 2.88. The van der Waals surface area contributed by atoms with Crippen LogP contribution in [0.2, 0.25) is 0 Å². The first-order chi connectivity index (χ1) is 10.6. The van der Waals surface area contributed by atoms with Crippen molar-refractivity contribution < 1.29 is 4.79 Å². The fourth-order valence-electron chi connectivity index (χ4n) is 1.96. The largest absolute Gasteiger partial charge is 0.357 e. The van der Waals surface area contributed by atoms with E-state index in [9.17, 15) is 4.79 Å². The lowest BCUT2D eigenvalue weighted by molar-refractivity contribution is -0.121. The predicted molar refractivity (Wildman–Crippen MR) is 98.4 cm³/mol. The molecular weight excluding hydrogens is 330 g/mol. The Hall–Kier alpha value is -1.41. The van der Waals surface area contributed by atoms with Gasteiger partial charge in [-0.3, -0.25) is 15.6 Å². The van der Waals surface area contributed by atoms with Crippen molar-refractivity contribution in [1.82, 2.24) is 26.1 Å². The fraction of sp³-hybridized carbons (Fsp3) is 0.600. The van der Waals surface area contributed by atoms with Gasteiger partial charge in [-0.2, -0.15) is 0 Å². The molecule has 6 nitrogen and oxygen atoms in total. The van der Waals surface area contributed by atoms with Gasteiger partial charge in [0.05, 0.1) is 0 Å². The molecule has 0 aromatic carbocycles. The third kappa shape index (κ3) is 7.13. The monoisotopic (exact) mass is 355 g/mol. The summed E-state index contributed by atoms with van der Waals surface area (Å²) in [5.41, 5.74) is 8.02. The van der Waals surface area contributed by atoms with Crippen molar-refractivity contribution in [3.8, 4) is 0 Å². The van der Waals surface area contributed by atoms with Crippen LogP contribution in [0, 0.1) is 13.8 Å². The molecule has 1 aromatic heterocycles. The van der Waals surface area contributed by atoms with Crippen molar-refractivity contribution in [2.24, 2.45) is 0 Å². The molecule has 0 radical (unpaired) electrons. The maximum absolute atomic E-state index is 11.9. The van der Waals surface area contributed by atoms with Crippen LogP contribution < -0.4 is 16.2 Å². The molecule has 0 bridgehead atoms. The van der Waals surface area contributed by atoms with E-state index in [1.807, 2.05) is 40.9 Å². The van der Waals surface area contributed by atoms with Crippen molar-refractivity contribution in [2.45, 2.75) is 58.2 Å². The van der Waals surface area contributed by atoms with Crippen LogP contribution in [0.1, 0.15) is 44.1 Å². The van der Waals surface area contributed by atoms with E-state index >= 15 is 0 Å². The summed E-state index contributed by atoms with van der Waals surface area (Å²) in [6, 6.07) is 0. The Morgan fingerprint density at radius 1 is 1.17 bits per heavy atom. The first-order valence-corrected chi connectivity index (χ1v) is 9.01. The lowest BCUT2D eigenvalue weighted by atomic mass is 10.1. The molecule has 0 saturated heterocycles. The van der Waals surface area contributed by atoms with Gasteiger partial charge >= 0.3 is 0 Å². The zero-order valence-electron chi connectivity index (χ0n) is 14.5. The summed E-state index contributed by atoms with van der Waals surface area (Å²) >= 11 is 6.62. The van der Waals surface area contributed by atoms with E-state index in [0.717, 1.165) is 22.1 Å². The Morgan fingerprint density at radius 3 is 2.22 bits per heavy atom. The molecule has 0 unspecified atom stereocenters. The van der Waals surface area contributed by atoms with Gasteiger partial charge in [0.1, 0.15) is 0 Å². The standard InChI is InChI=1S/C15H25N5OS2/c1-9-11(10(2)17-14(16-9)23-6)7-8-12(21)19-20-13(22)18-15(3,4)5/h7-8H2,1-6H3,(H,19,21)(H2,18,20,22). The average molecular weight is 356 g/mol. The van der Waals surface area contributed by atoms with Crippen molar-refractivity contribution >= 4 is 35.0 Å². The number of rotatable bonds is 4. The molecule has 128 valence electrons.